The first-order chi connectivity index (χ1) is 14.0. The third-order valence-corrected chi connectivity index (χ3v) is 4.70. The summed E-state index contributed by atoms with van der Waals surface area (Å²) in [5.41, 5.74) is 0.874. The molecular formula is C20H17N3O5S. The van der Waals surface area contributed by atoms with Gasteiger partial charge in [0, 0.05) is 18.3 Å². The molecule has 1 heterocycles. The van der Waals surface area contributed by atoms with Crippen molar-refractivity contribution >= 4 is 40.3 Å². The topological polar surface area (TPSA) is 111 Å². The van der Waals surface area contributed by atoms with E-state index in [1.165, 1.54) is 17.4 Å². The van der Waals surface area contributed by atoms with Crippen LogP contribution in [0.15, 0.2) is 66.0 Å². The second kappa shape index (κ2) is 9.47. The van der Waals surface area contributed by atoms with Gasteiger partial charge in [0.05, 0.1) is 16.2 Å². The Morgan fingerprint density at radius 2 is 1.79 bits per heavy atom. The second-order valence-electron chi connectivity index (χ2n) is 5.88. The van der Waals surface area contributed by atoms with Gasteiger partial charge in [-0.2, -0.15) is 0 Å². The largest absolute Gasteiger partial charge is 0.426 e. The number of esters is 1. The fraction of sp³-hybridized carbons (Fsp3) is 0.100. The van der Waals surface area contributed by atoms with Gasteiger partial charge in [-0.25, -0.2) is 0 Å². The number of para-hydroxylation sites is 2. The van der Waals surface area contributed by atoms with Gasteiger partial charge in [0.25, 0.3) is 11.6 Å². The SMILES string of the molecule is O=C(CCNc1ccccc1[N+](=O)[O-])Oc1ccc(NC(=O)c2cccs2)cc1. The zero-order valence-electron chi connectivity index (χ0n) is 15.2. The summed E-state index contributed by atoms with van der Waals surface area (Å²) in [6, 6.07) is 16.2. The molecule has 9 heteroatoms. The Morgan fingerprint density at radius 3 is 2.48 bits per heavy atom. The Balaban J connectivity index is 1.47. The highest BCUT2D eigenvalue weighted by atomic mass is 32.1. The minimum absolute atomic E-state index is 0.0307. The van der Waals surface area contributed by atoms with Crippen LogP contribution in [0.25, 0.3) is 0 Å². The smallest absolute Gasteiger partial charge is 0.312 e. The molecule has 8 nitrogen and oxygen atoms in total. The fourth-order valence-electron chi connectivity index (χ4n) is 2.47. The third kappa shape index (κ3) is 5.63. The van der Waals surface area contributed by atoms with Gasteiger partial charge in [0.1, 0.15) is 11.4 Å². The predicted molar refractivity (Wildman–Crippen MR) is 111 cm³/mol. The van der Waals surface area contributed by atoms with E-state index in [0.717, 1.165) is 0 Å². The number of thiophene rings is 1. The summed E-state index contributed by atoms with van der Waals surface area (Å²) in [6.07, 6.45) is 0.0307. The molecule has 0 saturated heterocycles. The molecular weight excluding hydrogens is 394 g/mol. The van der Waals surface area contributed by atoms with E-state index in [9.17, 15) is 19.7 Å². The standard InChI is InChI=1S/C20H17N3O5S/c24-19(11-12-21-16-4-1-2-5-17(16)23(26)27)28-15-9-7-14(8-10-15)22-20(25)18-6-3-13-29-18/h1-10,13,21H,11-12H2,(H,22,25). The number of rotatable bonds is 8. The zero-order valence-corrected chi connectivity index (χ0v) is 16.0. The Morgan fingerprint density at radius 1 is 1.03 bits per heavy atom. The van der Waals surface area contributed by atoms with Crippen molar-refractivity contribution < 1.29 is 19.2 Å². The molecule has 0 unspecified atom stereocenters. The molecule has 1 aromatic heterocycles. The normalized spacial score (nSPS) is 10.2. The highest BCUT2D eigenvalue weighted by molar-refractivity contribution is 7.12. The van der Waals surface area contributed by atoms with Gasteiger partial charge in [0.2, 0.25) is 0 Å². The maximum Gasteiger partial charge on any atom is 0.312 e. The number of benzene rings is 2. The number of nitrogens with one attached hydrogen (secondary N) is 2. The van der Waals surface area contributed by atoms with Crippen molar-refractivity contribution in [2.45, 2.75) is 6.42 Å². The number of ether oxygens (including phenoxy) is 1. The molecule has 0 saturated carbocycles. The molecule has 0 radical (unpaired) electrons. The summed E-state index contributed by atoms with van der Waals surface area (Å²) in [6.45, 7) is 0.193. The lowest BCUT2D eigenvalue weighted by atomic mass is 10.2. The maximum atomic E-state index is 12.0. The first-order valence-corrected chi connectivity index (χ1v) is 9.54. The fourth-order valence-corrected chi connectivity index (χ4v) is 3.09. The molecule has 2 N–H and O–H groups in total. The molecule has 0 spiro atoms. The highest BCUT2D eigenvalue weighted by Crippen LogP contribution is 2.23. The van der Waals surface area contributed by atoms with E-state index >= 15 is 0 Å². The number of anilines is 2. The van der Waals surface area contributed by atoms with Crippen LogP contribution in [0.3, 0.4) is 0 Å². The lowest BCUT2D eigenvalue weighted by molar-refractivity contribution is -0.384. The highest BCUT2D eigenvalue weighted by Gasteiger charge is 2.13. The van der Waals surface area contributed by atoms with Crippen molar-refractivity contribution in [3.8, 4) is 5.75 Å². The third-order valence-electron chi connectivity index (χ3n) is 3.83. The van der Waals surface area contributed by atoms with Crippen LogP contribution in [0, 0.1) is 10.1 Å². The molecule has 2 aromatic carbocycles. The molecule has 3 rings (SSSR count). The number of hydrogen-bond acceptors (Lipinski definition) is 7. The molecule has 29 heavy (non-hydrogen) atoms. The number of hydrogen-bond donors (Lipinski definition) is 2. The summed E-state index contributed by atoms with van der Waals surface area (Å²) in [5, 5.41) is 18.4. The Bertz CT molecular complexity index is 1000. The van der Waals surface area contributed by atoms with Crippen LogP contribution in [0.4, 0.5) is 17.1 Å². The molecule has 0 aliphatic carbocycles. The van der Waals surface area contributed by atoms with E-state index in [2.05, 4.69) is 10.6 Å². The first-order valence-electron chi connectivity index (χ1n) is 8.66. The van der Waals surface area contributed by atoms with E-state index in [4.69, 9.17) is 4.74 Å². The minimum atomic E-state index is -0.487. The van der Waals surface area contributed by atoms with Gasteiger partial charge in [-0.3, -0.25) is 19.7 Å². The van der Waals surface area contributed by atoms with Gasteiger partial charge >= 0.3 is 5.97 Å². The van der Waals surface area contributed by atoms with Crippen molar-refractivity contribution in [1.29, 1.82) is 0 Å². The monoisotopic (exact) mass is 411 g/mol. The minimum Gasteiger partial charge on any atom is -0.426 e. The van der Waals surface area contributed by atoms with Crippen LogP contribution in [0.2, 0.25) is 0 Å². The lowest BCUT2D eigenvalue weighted by Gasteiger charge is -2.08. The predicted octanol–water partition coefficient (Wildman–Crippen LogP) is 4.32. The first kappa shape index (κ1) is 20.0. The average Bonchev–Trinajstić information content (AvgIpc) is 3.25. The van der Waals surface area contributed by atoms with E-state index < -0.39 is 10.9 Å². The lowest BCUT2D eigenvalue weighted by Crippen LogP contribution is -2.14. The van der Waals surface area contributed by atoms with E-state index in [-0.39, 0.29) is 24.6 Å². The van der Waals surface area contributed by atoms with E-state index in [1.54, 1.807) is 54.6 Å². The molecule has 1 amide bonds. The van der Waals surface area contributed by atoms with E-state index in [1.807, 2.05) is 5.38 Å². The second-order valence-corrected chi connectivity index (χ2v) is 6.83. The number of amides is 1. The van der Waals surface area contributed by atoms with Gasteiger partial charge < -0.3 is 15.4 Å². The van der Waals surface area contributed by atoms with Crippen molar-refractivity contribution in [2.24, 2.45) is 0 Å². The molecule has 3 aromatic rings. The average molecular weight is 411 g/mol. The van der Waals surface area contributed by atoms with Crippen LogP contribution in [-0.2, 0) is 4.79 Å². The van der Waals surface area contributed by atoms with Crippen molar-refractivity contribution in [1.82, 2.24) is 0 Å². The van der Waals surface area contributed by atoms with Crippen LogP contribution in [-0.4, -0.2) is 23.3 Å². The molecule has 148 valence electrons. The van der Waals surface area contributed by atoms with Crippen LogP contribution in [0.5, 0.6) is 5.75 Å². The molecule has 0 atom stereocenters. The van der Waals surface area contributed by atoms with Gasteiger partial charge in [-0.1, -0.05) is 18.2 Å². The van der Waals surface area contributed by atoms with Crippen molar-refractivity contribution in [2.75, 3.05) is 17.2 Å². The van der Waals surface area contributed by atoms with E-state index in [0.29, 0.717) is 22.0 Å². The maximum absolute atomic E-state index is 12.0. The summed E-state index contributed by atoms with van der Waals surface area (Å²) < 4.78 is 5.24. The summed E-state index contributed by atoms with van der Waals surface area (Å²) in [7, 11) is 0. The number of carbonyl (C=O) groups excluding carboxylic acids is 2. The molecule has 0 aliphatic rings. The summed E-state index contributed by atoms with van der Waals surface area (Å²) >= 11 is 1.35. The molecule has 0 fully saturated rings. The zero-order chi connectivity index (χ0) is 20.6. The summed E-state index contributed by atoms with van der Waals surface area (Å²) in [5.74, 6) is -0.341. The Kier molecular flexibility index (Phi) is 6.54. The van der Waals surface area contributed by atoms with Crippen LogP contribution in [0.1, 0.15) is 16.1 Å². The number of nitro groups is 1. The number of nitro benzene ring substituents is 1. The quantitative estimate of drug-likeness (QED) is 0.247. The van der Waals surface area contributed by atoms with Crippen molar-refractivity contribution in [3.63, 3.8) is 0 Å². The van der Waals surface area contributed by atoms with Gasteiger partial charge in [-0.15, -0.1) is 11.3 Å². The molecule has 0 bridgehead atoms. The van der Waals surface area contributed by atoms with Crippen molar-refractivity contribution in [3.05, 3.63) is 81.0 Å². The Labute approximate surface area is 170 Å². The molecule has 0 aliphatic heterocycles. The number of carbonyl (C=O) groups is 2. The summed E-state index contributed by atoms with van der Waals surface area (Å²) in [4.78, 5) is 35.1. The Hall–Kier alpha value is -3.72. The van der Waals surface area contributed by atoms with Gasteiger partial charge in [0.15, 0.2) is 0 Å². The number of nitrogens with zero attached hydrogens (tertiary/aromatic N) is 1. The van der Waals surface area contributed by atoms with Gasteiger partial charge in [-0.05, 0) is 41.8 Å². The van der Waals surface area contributed by atoms with Crippen LogP contribution < -0.4 is 15.4 Å². The van der Waals surface area contributed by atoms with Crippen LogP contribution >= 0.6 is 11.3 Å².